The number of rotatable bonds is 8. The van der Waals surface area contributed by atoms with Crippen molar-refractivity contribution < 1.29 is 27.4 Å². The Hall–Kier alpha value is -3.20. The van der Waals surface area contributed by atoms with Crippen LogP contribution in [0.4, 0.5) is 18.9 Å². The third kappa shape index (κ3) is 6.39. The molecule has 0 aliphatic rings. The van der Waals surface area contributed by atoms with E-state index < -0.39 is 12.8 Å². The number of methoxy groups -OCH3 is 1. The van der Waals surface area contributed by atoms with Crippen LogP contribution >= 0.6 is 11.6 Å². The number of nitrogens with zero attached hydrogens (tertiary/aromatic N) is 2. The minimum atomic E-state index is -4.44. The maximum Gasteiger partial charge on any atom is 0.422 e. The second-order valence-corrected chi connectivity index (χ2v) is 6.98. The number of alkyl halides is 3. The van der Waals surface area contributed by atoms with Gasteiger partial charge in [0.2, 0.25) is 5.91 Å². The molecule has 164 valence electrons. The van der Waals surface area contributed by atoms with Crippen LogP contribution in [0.5, 0.6) is 11.5 Å². The van der Waals surface area contributed by atoms with Gasteiger partial charge in [0.25, 0.3) is 0 Å². The van der Waals surface area contributed by atoms with Gasteiger partial charge < -0.3 is 19.4 Å². The first-order valence-corrected chi connectivity index (χ1v) is 9.57. The van der Waals surface area contributed by atoms with E-state index in [1.165, 1.54) is 13.2 Å². The molecule has 0 unspecified atom stereocenters. The highest BCUT2D eigenvalue weighted by Gasteiger charge is 2.29. The van der Waals surface area contributed by atoms with Gasteiger partial charge in [-0.15, -0.1) is 0 Å². The Morgan fingerprint density at radius 1 is 1.19 bits per heavy atom. The molecule has 6 nitrogen and oxygen atoms in total. The molecular formula is C21H19ClF3N3O3. The third-order valence-electron chi connectivity index (χ3n) is 4.27. The number of aromatic nitrogens is 2. The van der Waals surface area contributed by atoms with Gasteiger partial charge in [0, 0.05) is 24.5 Å². The summed E-state index contributed by atoms with van der Waals surface area (Å²) in [7, 11) is 1.34. The van der Waals surface area contributed by atoms with Gasteiger partial charge in [-0.1, -0.05) is 17.7 Å². The van der Waals surface area contributed by atoms with E-state index in [1.54, 1.807) is 53.6 Å². The quantitative estimate of drug-likeness (QED) is 0.518. The number of hydrogen-bond acceptors (Lipinski definition) is 4. The second-order valence-electron chi connectivity index (χ2n) is 6.57. The van der Waals surface area contributed by atoms with Gasteiger partial charge >= 0.3 is 6.18 Å². The van der Waals surface area contributed by atoms with Crippen LogP contribution in [0.2, 0.25) is 5.02 Å². The first-order valence-electron chi connectivity index (χ1n) is 9.19. The number of ether oxygens (including phenoxy) is 2. The SMILES string of the molecule is COc1cc(CCC(=O)Nc2ccc(-n3ccnc3)c(Cl)c2)ccc1OCC(F)(F)F. The fourth-order valence-electron chi connectivity index (χ4n) is 2.82. The molecule has 0 atom stereocenters. The summed E-state index contributed by atoms with van der Waals surface area (Å²) in [6, 6.07) is 9.68. The van der Waals surface area contributed by atoms with Gasteiger partial charge in [0.05, 0.1) is 24.1 Å². The first-order chi connectivity index (χ1) is 14.7. The zero-order valence-electron chi connectivity index (χ0n) is 16.4. The Kier molecular flexibility index (Phi) is 7.06. The molecule has 1 heterocycles. The first kappa shape index (κ1) is 22.5. The number of amides is 1. The minimum Gasteiger partial charge on any atom is -0.493 e. The Morgan fingerprint density at radius 3 is 2.65 bits per heavy atom. The van der Waals surface area contributed by atoms with Crippen LogP contribution in [0.3, 0.4) is 0 Å². The van der Waals surface area contributed by atoms with Crippen LogP contribution in [0, 0.1) is 0 Å². The van der Waals surface area contributed by atoms with Gasteiger partial charge in [-0.3, -0.25) is 4.79 Å². The van der Waals surface area contributed by atoms with Gasteiger partial charge in [-0.2, -0.15) is 13.2 Å². The molecule has 3 aromatic rings. The zero-order chi connectivity index (χ0) is 22.4. The minimum absolute atomic E-state index is 0.0133. The number of imidazole rings is 1. The van der Waals surface area contributed by atoms with Crippen LogP contribution < -0.4 is 14.8 Å². The number of carbonyl (C=O) groups excluding carboxylic acids is 1. The van der Waals surface area contributed by atoms with Gasteiger partial charge in [0.15, 0.2) is 18.1 Å². The van der Waals surface area contributed by atoms with E-state index in [2.05, 4.69) is 10.3 Å². The predicted octanol–water partition coefficient (Wildman–Crippen LogP) is 5.05. The fraction of sp³-hybridized carbons (Fsp3) is 0.238. The van der Waals surface area contributed by atoms with E-state index >= 15 is 0 Å². The molecule has 0 fully saturated rings. The summed E-state index contributed by atoms with van der Waals surface area (Å²) in [6.07, 6.45) is 1.09. The molecule has 1 aromatic heterocycles. The Balaban J connectivity index is 1.57. The average Bonchev–Trinajstić information content (AvgIpc) is 3.25. The third-order valence-corrected chi connectivity index (χ3v) is 4.58. The molecule has 0 saturated heterocycles. The van der Waals surface area contributed by atoms with E-state index in [4.69, 9.17) is 21.1 Å². The maximum atomic E-state index is 12.3. The Bertz CT molecular complexity index is 1040. The maximum absolute atomic E-state index is 12.3. The van der Waals surface area contributed by atoms with Crippen LogP contribution in [0.15, 0.2) is 55.1 Å². The molecule has 3 rings (SSSR count). The molecule has 0 aliphatic heterocycles. The molecule has 31 heavy (non-hydrogen) atoms. The fourth-order valence-corrected chi connectivity index (χ4v) is 3.10. The highest BCUT2D eigenvalue weighted by molar-refractivity contribution is 6.32. The molecule has 1 amide bonds. The van der Waals surface area contributed by atoms with Crippen molar-refractivity contribution >= 4 is 23.2 Å². The molecule has 0 aliphatic carbocycles. The van der Waals surface area contributed by atoms with Crippen molar-refractivity contribution in [3.8, 4) is 17.2 Å². The summed E-state index contributed by atoms with van der Waals surface area (Å²) >= 11 is 6.28. The molecule has 2 aromatic carbocycles. The van der Waals surface area contributed by atoms with E-state index in [0.29, 0.717) is 17.1 Å². The number of carbonyl (C=O) groups is 1. The van der Waals surface area contributed by atoms with E-state index in [9.17, 15) is 18.0 Å². The van der Waals surface area contributed by atoms with Crippen molar-refractivity contribution in [1.82, 2.24) is 9.55 Å². The lowest BCUT2D eigenvalue weighted by atomic mass is 10.1. The molecule has 1 N–H and O–H groups in total. The molecule has 0 saturated carbocycles. The van der Waals surface area contributed by atoms with E-state index in [0.717, 1.165) is 11.3 Å². The van der Waals surface area contributed by atoms with Crippen molar-refractivity contribution in [3.05, 3.63) is 65.7 Å². The summed E-state index contributed by atoms with van der Waals surface area (Å²) < 4.78 is 48.6. The average molecular weight is 454 g/mol. The smallest absolute Gasteiger partial charge is 0.422 e. The molecule has 0 bridgehead atoms. The highest BCUT2D eigenvalue weighted by Crippen LogP contribution is 2.30. The van der Waals surface area contributed by atoms with Crippen molar-refractivity contribution in [1.29, 1.82) is 0 Å². The number of halogens is 4. The zero-order valence-corrected chi connectivity index (χ0v) is 17.2. The normalized spacial score (nSPS) is 11.3. The van der Waals surface area contributed by atoms with Crippen molar-refractivity contribution in [3.63, 3.8) is 0 Å². The number of aryl methyl sites for hydroxylation is 1. The molecule has 0 radical (unpaired) electrons. The van der Waals surface area contributed by atoms with Crippen LogP contribution in [0.25, 0.3) is 5.69 Å². The molecular weight excluding hydrogens is 435 g/mol. The summed E-state index contributed by atoms with van der Waals surface area (Å²) in [5.74, 6) is -0.0764. The summed E-state index contributed by atoms with van der Waals surface area (Å²) in [4.78, 5) is 16.3. The lowest BCUT2D eigenvalue weighted by Crippen LogP contribution is -2.19. The number of nitrogens with one attached hydrogen (secondary N) is 1. The molecule has 0 spiro atoms. The summed E-state index contributed by atoms with van der Waals surface area (Å²) in [5, 5.41) is 3.23. The van der Waals surface area contributed by atoms with Crippen LogP contribution in [0.1, 0.15) is 12.0 Å². The Labute approximate surface area is 181 Å². The lowest BCUT2D eigenvalue weighted by molar-refractivity contribution is -0.153. The summed E-state index contributed by atoms with van der Waals surface area (Å²) in [5.41, 5.74) is 2.00. The number of benzene rings is 2. The topological polar surface area (TPSA) is 65.4 Å². The van der Waals surface area contributed by atoms with E-state index in [-0.39, 0.29) is 23.8 Å². The number of anilines is 1. The van der Waals surface area contributed by atoms with E-state index in [1.807, 2.05) is 0 Å². The van der Waals surface area contributed by atoms with Crippen LogP contribution in [-0.4, -0.2) is 35.4 Å². The van der Waals surface area contributed by atoms with Crippen LogP contribution in [-0.2, 0) is 11.2 Å². The van der Waals surface area contributed by atoms with Crippen molar-refractivity contribution in [2.24, 2.45) is 0 Å². The lowest BCUT2D eigenvalue weighted by Gasteiger charge is -2.13. The van der Waals surface area contributed by atoms with Crippen molar-refractivity contribution in [2.45, 2.75) is 19.0 Å². The van der Waals surface area contributed by atoms with Gasteiger partial charge in [-0.25, -0.2) is 4.98 Å². The molecule has 10 heteroatoms. The summed E-state index contributed by atoms with van der Waals surface area (Å²) in [6.45, 7) is -1.41. The number of hydrogen-bond donors (Lipinski definition) is 1. The van der Waals surface area contributed by atoms with Gasteiger partial charge in [-0.05, 0) is 42.3 Å². The van der Waals surface area contributed by atoms with Gasteiger partial charge in [0.1, 0.15) is 0 Å². The predicted molar refractivity (Wildman–Crippen MR) is 110 cm³/mol. The monoisotopic (exact) mass is 453 g/mol. The highest BCUT2D eigenvalue weighted by atomic mass is 35.5. The largest absolute Gasteiger partial charge is 0.493 e. The second kappa shape index (κ2) is 9.74. The van der Waals surface area contributed by atoms with Crippen molar-refractivity contribution in [2.75, 3.05) is 19.0 Å². The Morgan fingerprint density at radius 2 is 2.00 bits per heavy atom. The standard InChI is InChI=1S/C21H19ClF3N3O3/c1-30-19-10-14(2-6-18(19)31-12-21(23,24)25)3-7-20(29)27-15-4-5-17(16(22)11-15)28-9-8-26-13-28/h2,4-6,8-11,13H,3,7,12H2,1H3,(H,27,29).